The molecule has 4 rings (SSSR count). The Bertz CT molecular complexity index is 726. The maximum absolute atomic E-state index is 6.18. The van der Waals surface area contributed by atoms with Crippen LogP contribution in [0.25, 0.3) is 0 Å². The monoisotopic (exact) mass is 557 g/mol. The van der Waals surface area contributed by atoms with Gasteiger partial charge >= 0.3 is 0 Å². The lowest BCUT2D eigenvalue weighted by Crippen LogP contribution is -2.52. The van der Waals surface area contributed by atoms with Crippen molar-refractivity contribution in [3.8, 4) is 0 Å². The first kappa shape index (κ1) is 25.7. The topological polar surface area (TPSA) is 52.6 Å². The molecule has 3 saturated heterocycles. The van der Waals surface area contributed by atoms with Crippen molar-refractivity contribution in [3.63, 3.8) is 0 Å². The van der Waals surface area contributed by atoms with Crippen molar-refractivity contribution in [1.29, 1.82) is 0 Å². The van der Waals surface area contributed by atoms with Crippen LogP contribution in [-0.4, -0.2) is 104 Å². The van der Waals surface area contributed by atoms with Crippen LogP contribution in [0.3, 0.4) is 0 Å². The van der Waals surface area contributed by atoms with Gasteiger partial charge in [0.05, 0.1) is 38.5 Å². The minimum Gasteiger partial charge on any atom is -0.379 e. The smallest absolute Gasteiger partial charge is 0.194 e. The van der Waals surface area contributed by atoms with Crippen LogP contribution < -0.4 is 5.32 Å². The van der Waals surface area contributed by atoms with Gasteiger partial charge in [-0.05, 0) is 26.3 Å². The van der Waals surface area contributed by atoms with Gasteiger partial charge in [0, 0.05) is 51.4 Å². The van der Waals surface area contributed by atoms with Crippen molar-refractivity contribution < 1.29 is 9.47 Å². The zero-order valence-electron chi connectivity index (χ0n) is 19.8. The molecule has 3 aliphatic rings. The first-order chi connectivity index (χ1) is 15.1. The molecular weight excluding hydrogens is 517 g/mol. The first-order valence-corrected chi connectivity index (χ1v) is 11.8. The number of likely N-dealkylation sites (tertiary alicyclic amines) is 1. The molecule has 32 heavy (non-hydrogen) atoms. The van der Waals surface area contributed by atoms with Gasteiger partial charge in [-0.3, -0.25) is 14.8 Å². The number of nitrogens with one attached hydrogen (secondary N) is 1. The van der Waals surface area contributed by atoms with E-state index >= 15 is 0 Å². The number of fused-ring (bicyclic) bond motifs is 1. The molecule has 7 nitrogen and oxygen atoms in total. The van der Waals surface area contributed by atoms with Crippen LogP contribution in [-0.2, 0) is 16.0 Å². The van der Waals surface area contributed by atoms with E-state index in [0.29, 0.717) is 6.04 Å². The molecule has 3 heterocycles. The van der Waals surface area contributed by atoms with E-state index < -0.39 is 0 Å². The Kier molecular flexibility index (Phi) is 9.60. The van der Waals surface area contributed by atoms with Crippen molar-refractivity contribution in [2.45, 2.75) is 45.0 Å². The van der Waals surface area contributed by atoms with Gasteiger partial charge in [0.25, 0.3) is 0 Å². The lowest BCUT2D eigenvalue weighted by Gasteiger charge is -2.40. The van der Waals surface area contributed by atoms with Gasteiger partial charge in [0.15, 0.2) is 5.96 Å². The van der Waals surface area contributed by atoms with Gasteiger partial charge in [-0.1, -0.05) is 30.3 Å². The third-order valence-corrected chi connectivity index (χ3v) is 6.76. The van der Waals surface area contributed by atoms with Crippen LogP contribution in [0.2, 0.25) is 0 Å². The summed E-state index contributed by atoms with van der Waals surface area (Å²) in [6, 6.07) is 11.2. The Morgan fingerprint density at radius 1 is 1.09 bits per heavy atom. The molecule has 8 heteroatoms. The number of ether oxygens (including phenoxy) is 2. The van der Waals surface area contributed by atoms with E-state index in [9.17, 15) is 0 Å². The Morgan fingerprint density at radius 2 is 1.84 bits per heavy atom. The number of aliphatic imine (C=N–C) groups is 1. The second kappa shape index (κ2) is 12.0. The summed E-state index contributed by atoms with van der Waals surface area (Å²) in [4.78, 5) is 12.6. The van der Waals surface area contributed by atoms with E-state index in [0.717, 1.165) is 78.1 Å². The Labute approximate surface area is 210 Å². The summed E-state index contributed by atoms with van der Waals surface area (Å²) in [7, 11) is 0. The molecule has 0 aliphatic carbocycles. The predicted molar refractivity (Wildman–Crippen MR) is 140 cm³/mol. The highest BCUT2D eigenvalue weighted by atomic mass is 127. The highest BCUT2D eigenvalue weighted by Gasteiger charge is 2.41. The normalized spacial score (nSPS) is 25.3. The first-order valence-electron chi connectivity index (χ1n) is 11.8. The maximum Gasteiger partial charge on any atom is 0.194 e. The quantitative estimate of drug-likeness (QED) is 0.329. The highest BCUT2D eigenvalue weighted by Crippen LogP contribution is 2.25. The molecule has 0 bridgehead atoms. The third kappa shape index (κ3) is 6.34. The number of rotatable bonds is 6. The summed E-state index contributed by atoms with van der Waals surface area (Å²) < 4.78 is 11.7. The highest BCUT2D eigenvalue weighted by molar-refractivity contribution is 14.0. The summed E-state index contributed by atoms with van der Waals surface area (Å²) in [6.07, 6.45) is 0.244. The maximum atomic E-state index is 6.18. The fourth-order valence-electron chi connectivity index (χ4n) is 4.91. The second-order valence-electron chi connectivity index (χ2n) is 9.42. The molecule has 2 atom stereocenters. The van der Waals surface area contributed by atoms with Gasteiger partial charge in [-0.15, -0.1) is 24.0 Å². The molecule has 3 aliphatic heterocycles. The van der Waals surface area contributed by atoms with Crippen molar-refractivity contribution in [2.24, 2.45) is 4.99 Å². The Hall–Kier alpha value is -0.940. The van der Waals surface area contributed by atoms with Gasteiger partial charge in [-0.2, -0.15) is 0 Å². The molecule has 180 valence electrons. The van der Waals surface area contributed by atoms with Crippen molar-refractivity contribution in [3.05, 3.63) is 35.9 Å². The lowest BCUT2D eigenvalue weighted by atomic mass is 10.0. The molecule has 1 aromatic rings. The van der Waals surface area contributed by atoms with Crippen LogP contribution in [0.1, 0.15) is 26.3 Å². The predicted octanol–water partition coefficient (Wildman–Crippen LogP) is 2.27. The third-order valence-electron chi connectivity index (χ3n) is 6.76. The zero-order chi connectivity index (χ0) is 21.7. The summed E-state index contributed by atoms with van der Waals surface area (Å²) in [6.45, 7) is 16.6. The van der Waals surface area contributed by atoms with Gasteiger partial charge < -0.3 is 19.7 Å². The summed E-state index contributed by atoms with van der Waals surface area (Å²) >= 11 is 0. The molecule has 1 aromatic carbocycles. The molecule has 3 fully saturated rings. The Balaban J connectivity index is 0.00000289. The number of hydrogen-bond donors (Lipinski definition) is 1. The number of nitrogens with zero attached hydrogens (tertiary/aromatic N) is 4. The van der Waals surface area contributed by atoms with E-state index in [4.69, 9.17) is 14.5 Å². The average Bonchev–Trinajstić information content (AvgIpc) is 3.23. The number of guanidine groups is 1. The van der Waals surface area contributed by atoms with E-state index in [2.05, 4.69) is 71.1 Å². The van der Waals surface area contributed by atoms with Crippen LogP contribution in [0, 0.1) is 0 Å². The number of benzene rings is 1. The molecule has 0 radical (unpaired) electrons. The minimum atomic E-state index is 0. The van der Waals surface area contributed by atoms with E-state index in [-0.39, 0.29) is 35.6 Å². The zero-order valence-corrected chi connectivity index (χ0v) is 22.2. The number of morpholine rings is 2. The van der Waals surface area contributed by atoms with E-state index in [1.165, 1.54) is 5.56 Å². The summed E-state index contributed by atoms with van der Waals surface area (Å²) in [5.41, 5.74) is 1.39. The van der Waals surface area contributed by atoms with Crippen LogP contribution in [0.5, 0.6) is 0 Å². The lowest BCUT2D eigenvalue weighted by molar-refractivity contribution is -0.0502. The standard InChI is InChI=1S/C24H39N5O2.HI/c1-4-25-23(26-19-24(2,3)29-11-13-30-14-12-29)28-17-21-22(18-28)31-15-10-27(21)16-20-8-6-5-7-9-20;/h5-9,21-22H,4,10-19H2,1-3H3,(H,25,26);1H. The Morgan fingerprint density at radius 3 is 2.56 bits per heavy atom. The summed E-state index contributed by atoms with van der Waals surface area (Å²) in [5.74, 6) is 1.02. The molecule has 0 saturated carbocycles. The SMILES string of the molecule is CCNC(=NCC(C)(C)N1CCOCC1)N1CC2OCCN(Cc3ccccc3)C2C1.I. The minimum absolute atomic E-state index is 0. The fraction of sp³-hybridized carbons (Fsp3) is 0.708. The molecule has 0 spiro atoms. The average molecular weight is 558 g/mol. The van der Waals surface area contributed by atoms with Crippen molar-refractivity contribution >= 4 is 29.9 Å². The van der Waals surface area contributed by atoms with Crippen molar-refractivity contribution in [2.75, 3.05) is 65.6 Å². The largest absolute Gasteiger partial charge is 0.379 e. The van der Waals surface area contributed by atoms with Gasteiger partial charge in [0.1, 0.15) is 0 Å². The van der Waals surface area contributed by atoms with Gasteiger partial charge in [0.2, 0.25) is 0 Å². The van der Waals surface area contributed by atoms with Crippen LogP contribution in [0.15, 0.2) is 35.3 Å². The molecular formula is C24H40IN5O2. The van der Waals surface area contributed by atoms with Gasteiger partial charge in [-0.25, -0.2) is 0 Å². The van der Waals surface area contributed by atoms with Crippen LogP contribution in [0.4, 0.5) is 0 Å². The molecule has 0 amide bonds. The van der Waals surface area contributed by atoms with E-state index in [1.807, 2.05) is 0 Å². The second-order valence-corrected chi connectivity index (χ2v) is 9.42. The molecule has 1 N–H and O–H groups in total. The van der Waals surface area contributed by atoms with Crippen LogP contribution >= 0.6 is 24.0 Å². The fourth-order valence-corrected chi connectivity index (χ4v) is 4.91. The van der Waals surface area contributed by atoms with E-state index in [1.54, 1.807) is 0 Å². The molecule has 2 unspecified atom stereocenters. The number of halogens is 1. The molecule has 0 aromatic heterocycles. The number of hydrogen-bond acceptors (Lipinski definition) is 5. The summed E-state index contributed by atoms with van der Waals surface area (Å²) in [5, 5.41) is 3.53. The van der Waals surface area contributed by atoms with Crippen molar-refractivity contribution in [1.82, 2.24) is 20.0 Å².